The van der Waals surface area contributed by atoms with Gasteiger partial charge in [-0.1, -0.05) is 48.5 Å². The van der Waals surface area contributed by atoms with Gasteiger partial charge in [0.1, 0.15) is 5.75 Å². The minimum Gasteiger partial charge on any atom is -0.508 e. The molecule has 3 aromatic rings. The average Bonchev–Trinajstić information content (AvgIpc) is 2.74. The fraction of sp³-hybridized carbons (Fsp3) is 0.280. The molecule has 0 aliphatic carbocycles. The number of H-pyrrole nitrogens is 1. The molecule has 0 radical (unpaired) electrons. The molecule has 1 heterocycles. The van der Waals surface area contributed by atoms with Crippen LogP contribution in [-0.4, -0.2) is 53.2 Å². The summed E-state index contributed by atoms with van der Waals surface area (Å²) >= 11 is 0. The summed E-state index contributed by atoms with van der Waals surface area (Å²) in [7, 11) is 4.08. The third-order valence-electron chi connectivity index (χ3n) is 5.24. The molecule has 0 aliphatic heterocycles. The Balaban J connectivity index is 1.83. The van der Waals surface area contributed by atoms with Crippen LogP contribution >= 0.6 is 0 Å². The Bertz CT molecular complexity index is 1030. The third kappa shape index (κ3) is 6.55. The maximum absolute atomic E-state index is 12.3. The first kappa shape index (κ1) is 22.3. The topological polar surface area (TPSA) is 72.5 Å². The van der Waals surface area contributed by atoms with Crippen LogP contribution in [0.25, 0.3) is 0 Å². The number of benzene rings is 2. The molecule has 0 saturated carbocycles. The van der Waals surface area contributed by atoms with Gasteiger partial charge in [-0.15, -0.1) is 6.58 Å². The van der Waals surface area contributed by atoms with Crippen LogP contribution in [0.1, 0.15) is 16.8 Å². The van der Waals surface area contributed by atoms with E-state index in [1.807, 2.05) is 67.5 Å². The van der Waals surface area contributed by atoms with Gasteiger partial charge in [0, 0.05) is 37.3 Å². The Morgan fingerprint density at radius 1 is 1.10 bits per heavy atom. The maximum Gasteiger partial charge on any atom is 0.274 e. The molecule has 162 valence electrons. The summed E-state index contributed by atoms with van der Waals surface area (Å²) < 4.78 is 0. The summed E-state index contributed by atoms with van der Waals surface area (Å²) in [4.78, 5) is 24.1. The molecule has 6 heteroatoms. The van der Waals surface area contributed by atoms with Crippen molar-refractivity contribution in [1.29, 1.82) is 0 Å². The van der Waals surface area contributed by atoms with Gasteiger partial charge in [-0.2, -0.15) is 4.98 Å². The molecule has 2 N–H and O–H groups in total. The van der Waals surface area contributed by atoms with Crippen LogP contribution in [0.4, 0.5) is 5.95 Å². The van der Waals surface area contributed by atoms with Crippen molar-refractivity contribution in [3.63, 3.8) is 0 Å². The second-order valence-corrected chi connectivity index (χ2v) is 7.91. The van der Waals surface area contributed by atoms with Crippen LogP contribution in [0.5, 0.6) is 5.75 Å². The van der Waals surface area contributed by atoms with E-state index in [0.29, 0.717) is 25.5 Å². The van der Waals surface area contributed by atoms with Gasteiger partial charge in [-0.3, -0.25) is 4.79 Å². The minimum absolute atomic E-state index is 0.174. The number of phenols is 1. The van der Waals surface area contributed by atoms with E-state index < -0.39 is 0 Å². The summed E-state index contributed by atoms with van der Waals surface area (Å²) in [5.41, 5.74) is 2.84. The highest BCUT2D eigenvalue weighted by Gasteiger charge is 2.19. The van der Waals surface area contributed by atoms with Gasteiger partial charge >= 0.3 is 0 Å². The summed E-state index contributed by atoms with van der Waals surface area (Å²) in [5.74, 6) is 0.811. The van der Waals surface area contributed by atoms with Crippen molar-refractivity contribution >= 4 is 5.95 Å². The largest absolute Gasteiger partial charge is 0.508 e. The molecular formula is C25H30N4O2. The lowest BCUT2D eigenvalue weighted by Crippen LogP contribution is -2.43. The lowest BCUT2D eigenvalue weighted by molar-refractivity contribution is 0.293. The normalized spacial score (nSPS) is 12.0. The Kier molecular flexibility index (Phi) is 7.62. The number of aromatic hydroxyl groups is 1. The van der Waals surface area contributed by atoms with Gasteiger partial charge in [-0.25, -0.2) is 0 Å². The molecule has 6 nitrogen and oxygen atoms in total. The van der Waals surface area contributed by atoms with Crippen LogP contribution in [0.15, 0.2) is 78.1 Å². The third-order valence-corrected chi connectivity index (χ3v) is 5.24. The molecule has 0 bridgehead atoms. The van der Waals surface area contributed by atoms with Gasteiger partial charge < -0.3 is 19.9 Å². The molecular weight excluding hydrogens is 388 g/mol. The van der Waals surface area contributed by atoms with Crippen LogP contribution < -0.4 is 10.5 Å². The Morgan fingerprint density at radius 3 is 2.45 bits per heavy atom. The zero-order valence-electron chi connectivity index (χ0n) is 18.2. The van der Waals surface area contributed by atoms with Gasteiger partial charge in [0.15, 0.2) is 0 Å². The van der Waals surface area contributed by atoms with Crippen LogP contribution in [0.2, 0.25) is 0 Å². The SMILES string of the molecule is C=CCN(C[C@H](Cc1ccc(O)cc1)N(C)C)c1nc(=O)cc(Cc2ccccc2)[nH]1. The van der Waals surface area contributed by atoms with E-state index in [4.69, 9.17) is 0 Å². The van der Waals surface area contributed by atoms with E-state index >= 15 is 0 Å². The van der Waals surface area contributed by atoms with E-state index in [9.17, 15) is 9.90 Å². The molecule has 0 unspecified atom stereocenters. The predicted octanol–water partition coefficient (Wildman–Crippen LogP) is 3.23. The molecule has 31 heavy (non-hydrogen) atoms. The van der Waals surface area contributed by atoms with Crippen molar-refractivity contribution in [3.05, 3.63) is 100 Å². The number of nitrogens with zero attached hydrogens (tertiary/aromatic N) is 3. The number of likely N-dealkylation sites (N-methyl/N-ethyl adjacent to an activating group) is 1. The highest BCUT2D eigenvalue weighted by atomic mass is 16.3. The smallest absolute Gasteiger partial charge is 0.274 e. The van der Waals surface area contributed by atoms with Gasteiger partial charge in [0.05, 0.1) is 0 Å². The van der Waals surface area contributed by atoms with Gasteiger partial charge in [-0.05, 0) is 43.8 Å². The first-order chi connectivity index (χ1) is 14.9. The van der Waals surface area contributed by atoms with Crippen molar-refractivity contribution in [3.8, 4) is 5.75 Å². The van der Waals surface area contributed by atoms with Crippen molar-refractivity contribution in [2.75, 3.05) is 32.1 Å². The van der Waals surface area contributed by atoms with Crippen molar-refractivity contribution in [2.24, 2.45) is 0 Å². The van der Waals surface area contributed by atoms with Gasteiger partial charge in [0.25, 0.3) is 5.56 Å². The van der Waals surface area contributed by atoms with Crippen LogP contribution in [0.3, 0.4) is 0 Å². The van der Waals surface area contributed by atoms with Gasteiger partial charge in [0.2, 0.25) is 5.95 Å². The fourth-order valence-electron chi connectivity index (χ4n) is 3.53. The average molecular weight is 419 g/mol. The monoisotopic (exact) mass is 418 g/mol. The Morgan fingerprint density at radius 2 is 1.81 bits per heavy atom. The molecule has 0 amide bonds. The highest BCUT2D eigenvalue weighted by Crippen LogP contribution is 2.16. The highest BCUT2D eigenvalue weighted by molar-refractivity contribution is 5.34. The predicted molar refractivity (Wildman–Crippen MR) is 126 cm³/mol. The summed E-state index contributed by atoms with van der Waals surface area (Å²) in [5, 5.41) is 9.55. The summed E-state index contributed by atoms with van der Waals surface area (Å²) in [6.45, 7) is 5.11. The maximum atomic E-state index is 12.3. The Hall–Kier alpha value is -3.38. The van der Waals surface area contributed by atoms with E-state index in [2.05, 4.69) is 21.4 Å². The number of hydrogen-bond acceptors (Lipinski definition) is 5. The number of anilines is 1. The second kappa shape index (κ2) is 10.6. The number of aromatic nitrogens is 2. The number of hydrogen-bond donors (Lipinski definition) is 2. The quantitative estimate of drug-likeness (QED) is 0.495. The number of phenolic OH excluding ortho intramolecular Hbond substituents is 1. The molecule has 2 aromatic carbocycles. The standard InChI is InChI=1S/C25H30N4O2/c1-4-14-29(18-22(28(2)3)16-20-10-12-23(30)13-11-20)25-26-21(17-24(31)27-25)15-19-8-6-5-7-9-19/h4-13,17,22,30H,1,14-16,18H2,2-3H3,(H,26,27,31)/t22-/m0/s1. The Labute approximate surface area is 183 Å². The summed E-state index contributed by atoms with van der Waals surface area (Å²) in [6, 6.07) is 19.1. The molecule has 1 atom stereocenters. The molecule has 0 aliphatic rings. The lowest BCUT2D eigenvalue weighted by atomic mass is 10.0. The van der Waals surface area contributed by atoms with E-state index in [-0.39, 0.29) is 17.4 Å². The zero-order chi connectivity index (χ0) is 22.2. The summed E-state index contributed by atoms with van der Waals surface area (Å²) in [6.07, 6.45) is 3.25. The van der Waals surface area contributed by atoms with Crippen molar-refractivity contribution in [1.82, 2.24) is 14.9 Å². The lowest BCUT2D eigenvalue weighted by Gasteiger charge is -2.31. The number of rotatable bonds is 10. The number of nitrogens with one attached hydrogen (secondary N) is 1. The molecule has 3 rings (SSSR count). The first-order valence-corrected chi connectivity index (χ1v) is 10.4. The van der Waals surface area contributed by atoms with Crippen molar-refractivity contribution < 1.29 is 5.11 Å². The van der Waals surface area contributed by atoms with E-state index in [0.717, 1.165) is 23.2 Å². The minimum atomic E-state index is -0.256. The first-order valence-electron chi connectivity index (χ1n) is 10.4. The molecule has 1 aromatic heterocycles. The van der Waals surface area contributed by atoms with E-state index in [1.54, 1.807) is 18.2 Å². The van der Waals surface area contributed by atoms with Crippen molar-refractivity contribution in [2.45, 2.75) is 18.9 Å². The van der Waals surface area contributed by atoms with E-state index in [1.165, 1.54) is 0 Å². The van der Waals surface area contributed by atoms with Crippen LogP contribution in [0, 0.1) is 0 Å². The zero-order valence-corrected chi connectivity index (χ0v) is 18.2. The second-order valence-electron chi connectivity index (χ2n) is 7.91. The molecule has 0 saturated heterocycles. The van der Waals surface area contributed by atoms with Crippen LogP contribution in [-0.2, 0) is 12.8 Å². The molecule has 0 fully saturated rings. The molecule has 0 spiro atoms. The number of aromatic amines is 1. The fourth-order valence-corrected chi connectivity index (χ4v) is 3.53.